The molecule has 1 amide bonds. The number of unbranched alkanes of at least 4 members (excludes halogenated alkanes) is 12. The van der Waals surface area contributed by atoms with E-state index in [4.69, 9.17) is 28.4 Å². The fourth-order valence-corrected chi connectivity index (χ4v) is 8.55. The third-order valence-corrected chi connectivity index (χ3v) is 13.0. The third kappa shape index (κ3) is 22.4. The van der Waals surface area contributed by atoms with Crippen molar-refractivity contribution in [2.24, 2.45) is 0 Å². The van der Waals surface area contributed by atoms with Gasteiger partial charge in [0.25, 0.3) is 0 Å². The number of amides is 1. The van der Waals surface area contributed by atoms with Crippen molar-refractivity contribution in [1.82, 2.24) is 5.32 Å². The maximum Gasteiger partial charge on any atom is 0.220 e. The second-order valence-electron chi connectivity index (χ2n) is 19.0. The van der Waals surface area contributed by atoms with Crippen molar-refractivity contribution in [1.29, 1.82) is 0 Å². The number of nitrogens with one attached hydrogen (secondary N) is 1. The van der Waals surface area contributed by atoms with E-state index in [1.54, 1.807) is 12.2 Å². The van der Waals surface area contributed by atoms with Crippen LogP contribution in [0.3, 0.4) is 0 Å². The van der Waals surface area contributed by atoms with Crippen molar-refractivity contribution in [3.63, 3.8) is 0 Å². The minimum atomic E-state index is -1.98. The summed E-state index contributed by atoms with van der Waals surface area (Å²) in [4.78, 5) is 13.2. The average molecular weight is 1030 g/mol. The Morgan fingerprint density at radius 3 is 1.51 bits per heavy atom. The third-order valence-electron chi connectivity index (χ3n) is 13.0. The number of hydrogen-bond donors (Lipinski definition) is 12. The van der Waals surface area contributed by atoms with Crippen molar-refractivity contribution >= 4 is 5.91 Å². The number of allylic oxidation sites excluding steroid dienone is 9. The summed E-state index contributed by atoms with van der Waals surface area (Å²) < 4.78 is 34.1. The highest BCUT2D eigenvalue weighted by Crippen LogP contribution is 2.33. The van der Waals surface area contributed by atoms with Gasteiger partial charge in [0.2, 0.25) is 5.91 Å². The van der Waals surface area contributed by atoms with Crippen LogP contribution in [0.4, 0.5) is 0 Å². The molecule has 0 aliphatic carbocycles. The van der Waals surface area contributed by atoms with Gasteiger partial charge in [-0.2, -0.15) is 0 Å². The van der Waals surface area contributed by atoms with Crippen LogP contribution >= 0.6 is 0 Å². The van der Waals surface area contributed by atoms with Crippen LogP contribution in [-0.4, -0.2) is 193 Å². The minimum absolute atomic E-state index is 0.213. The molecule has 416 valence electrons. The van der Waals surface area contributed by atoms with E-state index in [9.17, 15) is 61.0 Å². The number of aliphatic hydroxyl groups excluding tert-OH is 11. The van der Waals surface area contributed by atoms with Gasteiger partial charge in [0.15, 0.2) is 18.9 Å². The van der Waals surface area contributed by atoms with E-state index in [0.717, 1.165) is 77.0 Å². The van der Waals surface area contributed by atoms with Crippen molar-refractivity contribution in [2.45, 2.75) is 240 Å². The molecule has 3 aliphatic heterocycles. The lowest BCUT2D eigenvalue weighted by molar-refractivity contribution is -0.379. The van der Waals surface area contributed by atoms with E-state index >= 15 is 0 Å². The molecule has 0 aromatic carbocycles. The Kier molecular flexibility index (Phi) is 33.0. The maximum atomic E-state index is 13.2. The van der Waals surface area contributed by atoms with Gasteiger partial charge in [-0.25, -0.2) is 0 Å². The minimum Gasteiger partial charge on any atom is -0.394 e. The van der Waals surface area contributed by atoms with E-state index in [1.807, 2.05) is 0 Å². The van der Waals surface area contributed by atoms with Gasteiger partial charge in [0.05, 0.1) is 38.6 Å². The van der Waals surface area contributed by atoms with Gasteiger partial charge in [-0.15, -0.1) is 0 Å². The highest BCUT2D eigenvalue weighted by Gasteiger charge is 2.53. The molecule has 12 N–H and O–H groups in total. The van der Waals surface area contributed by atoms with E-state index in [2.05, 4.69) is 67.8 Å². The second kappa shape index (κ2) is 37.3. The van der Waals surface area contributed by atoms with Gasteiger partial charge in [-0.3, -0.25) is 4.79 Å². The van der Waals surface area contributed by atoms with Gasteiger partial charge in [0.1, 0.15) is 73.2 Å². The molecule has 0 bridgehead atoms. The quantitative estimate of drug-likeness (QED) is 0.0317. The summed E-state index contributed by atoms with van der Waals surface area (Å²) in [6, 6.07) is -1.00. The molecule has 17 unspecified atom stereocenters. The molecule has 3 rings (SSSR count). The van der Waals surface area contributed by atoms with Gasteiger partial charge >= 0.3 is 0 Å². The summed E-state index contributed by atoms with van der Waals surface area (Å²) in [6.45, 7) is 1.54. The van der Waals surface area contributed by atoms with Crippen LogP contribution in [0.25, 0.3) is 0 Å². The first-order valence-corrected chi connectivity index (χ1v) is 26.5. The lowest BCUT2D eigenvalue weighted by Gasteiger charge is -2.48. The zero-order valence-corrected chi connectivity index (χ0v) is 42.6. The Hall–Kier alpha value is -2.51. The molecular weight excluding hydrogens is 939 g/mol. The molecular formula is C53H91NO18. The number of aliphatic hydroxyl groups is 11. The summed E-state index contributed by atoms with van der Waals surface area (Å²) in [5, 5.41) is 120. The molecule has 19 heteroatoms. The largest absolute Gasteiger partial charge is 0.394 e. The number of carbonyl (C=O) groups excluding carboxylic acids is 1. The summed E-state index contributed by atoms with van der Waals surface area (Å²) in [5.41, 5.74) is 0. The lowest BCUT2D eigenvalue weighted by Crippen LogP contribution is -2.66. The van der Waals surface area contributed by atoms with Gasteiger partial charge in [0, 0.05) is 6.42 Å². The average Bonchev–Trinajstić information content (AvgIpc) is 3.37. The lowest BCUT2D eigenvalue weighted by atomic mass is 9.96. The maximum absolute atomic E-state index is 13.2. The smallest absolute Gasteiger partial charge is 0.220 e. The van der Waals surface area contributed by atoms with E-state index in [1.165, 1.54) is 25.7 Å². The number of ether oxygens (including phenoxy) is 6. The Morgan fingerprint density at radius 1 is 0.500 bits per heavy atom. The highest BCUT2D eigenvalue weighted by atomic mass is 16.8. The van der Waals surface area contributed by atoms with E-state index < -0.39 is 124 Å². The molecule has 0 saturated carbocycles. The molecule has 3 aliphatic rings. The molecule has 0 radical (unpaired) electrons. The number of carbonyl (C=O) groups is 1. The molecule has 0 aromatic rings. The fraction of sp³-hybridized carbons (Fsp3) is 0.792. The van der Waals surface area contributed by atoms with Crippen molar-refractivity contribution < 1.29 is 89.4 Å². The zero-order valence-electron chi connectivity index (χ0n) is 42.6. The monoisotopic (exact) mass is 1030 g/mol. The van der Waals surface area contributed by atoms with Crippen molar-refractivity contribution in [3.05, 3.63) is 60.8 Å². The molecule has 0 spiro atoms. The number of hydrogen-bond acceptors (Lipinski definition) is 18. The van der Waals surface area contributed by atoms with Crippen molar-refractivity contribution in [3.8, 4) is 0 Å². The molecule has 3 fully saturated rings. The summed E-state index contributed by atoms with van der Waals surface area (Å²) >= 11 is 0. The Balaban J connectivity index is 1.56. The Morgan fingerprint density at radius 2 is 0.958 bits per heavy atom. The van der Waals surface area contributed by atoms with E-state index in [-0.39, 0.29) is 18.9 Å². The molecule has 19 nitrogen and oxygen atoms in total. The topological polar surface area (TPSA) is 307 Å². The van der Waals surface area contributed by atoms with Crippen molar-refractivity contribution in [2.75, 3.05) is 26.4 Å². The van der Waals surface area contributed by atoms with Gasteiger partial charge in [-0.05, 0) is 70.6 Å². The second-order valence-corrected chi connectivity index (χ2v) is 19.0. The Bertz CT molecular complexity index is 1560. The van der Waals surface area contributed by atoms with Crippen LogP contribution in [0, 0.1) is 0 Å². The highest BCUT2D eigenvalue weighted by molar-refractivity contribution is 5.76. The van der Waals surface area contributed by atoms with E-state index in [0.29, 0.717) is 12.8 Å². The van der Waals surface area contributed by atoms with Crippen LogP contribution in [0.2, 0.25) is 0 Å². The predicted octanol–water partition coefficient (Wildman–Crippen LogP) is 2.53. The van der Waals surface area contributed by atoms with Crippen LogP contribution in [0.5, 0.6) is 0 Å². The Labute approximate surface area is 426 Å². The molecule has 3 heterocycles. The number of rotatable bonds is 36. The molecule has 17 atom stereocenters. The molecule has 0 aromatic heterocycles. The molecule has 72 heavy (non-hydrogen) atoms. The fourth-order valence-electron chi connectivity index (χ4n) is 8.55. The summed E-state index contributed by atoms with van der Waals surface area (Å²) in [5.74, 6) is -0.310. The summed E-state index contributed by atoms with van der Waals surface area (Å²) in [6.07, 6.45) is 12.3. The van der Waals surface area contributed by atoms with Crippen LogP contribution in [-0.2, 0) is 33.2 Å². The normalized spacial score (nSPS) is 32.5. The first-order valence-electron chi connectivity index (χ1n) is 26.5. The SMILES string of the molecule is CCC/C=C/CC/C=C/CC/C=C/C(O)C(COC1OC(CO)C(OC2OC(CO)C(OC3OC(CO)C(O)C(O)C3O)C(O)C2O)C(O)C1O)NC(=O)CCCCCCC/C=C\C/C=C\CCCCCC. The van der Waals surface area contributed by atoms with Gasteiger partial charge < -0.3 is 89.9 Å². The zero-order chi connectivity index (χ0) is 52.7. The van der Waals surface area contributed by atoms with Gasteiger partial charge in [-0.1, -0.05) is 120 Å². The first-order chi connectivity index (χ1) is 34.8. The summed E-state index contributed by atoms with van der Waals surface area (Å²) in [7, 11) is 0. The van der Waals surface area contributed by atoms with Crippen LogP contribution in [0.15, 0.2) is 60.8 Å². The standard InChI is InChI=1S/C53H91NO18/c1-3-5-7-9-11-13-15-16-17-18-19-21-23-25-27-29-31-41(59)54-36(37(58)30-28-26-24-22-20-14-12-10-8-6-4-2)35-67-51-47(65)44(62)49(39(33-56)69-51)72-53-48(66)45(63)50(40(34-57)70-53)71-52-46(64)43(61)42(60)38(32-55)68-52/h8,10,13,15,17-18,20,22,28,30,36-40,42-53,55-58,60-66H,3-7,9,11-12,14,16,19,21,23-27,29,31-35H2,1-2H3,(H,54,59)/b10-8+,15-13-,18-17-,22-20+,30-28+. The van der Waals surface area contributed by atoms with Crippen LogP contribution in [0.1, 0.15) is 136 Å². The van der Waals surface area contributed by atoms with Crippen LogP contribution < -0.4 is 5.32 Å². The molecule has 3 saturated heterocycles. The first kappa shape index (κ1) is 63.8. The predicted molar refractivity (Wildman–Crippen MR) is 268 cm³/mol.